The molecule has 0 aliphatic rings. The van der Waals surface area contributed by atoms with Crippen molar-refractivity contribution in [2.75, 3.05) is 0 Å². The first kappa shape index (κ1) is 11.6. The van der Waals surface area contributed by atoms with Gasteiger partial charge < -0.3 is 5.73 Å². The lowest BCUT2D eigenvalue weighted by molar-refractivity contribution is -0.137. The van der Waals surface area contributed by atoms with Crippen LogP contribution in [0, 0.1) is 0 Å². The summed E-state index contributed by atoms with van der Waals surface area (Å²) in [6, 6.07) is 1.92. The molecule has 1 nitrogen and oxygen atoms in total. The Balaban J connectivity index is 3.32. The van der Waals surface area contributed by atoms with Gasteiger partial charge in [-0.15, -0.1) is 0 Å². The second-order valence-electron chi connectivity index (χ2n) is 2.63. The van der Waals surface area contributed by atoms with Gasteiger partial charge in [-0.1, -0.05) is 23.2 Å². The fourth-order valence-corrected chi connectivity index (χ4v) is 1.53. The highest BCUT2D eigenvalue weighted by atomic mass is 35.5. The van der Waals surface area contributed by atoms with Crippen LogP contribution in [0.4, 0.5) is 13.2 Å². The van der Waals surface area contributed by atoms with E-state index in [1.165, 1.54) is 0 Å². The fourth-order valence-electron chi connectivity index (χ4n) is 0.967. The van der Waals surface area contributed by atoms with E-state index in [9.17, 15) is 13.2 Å². The molecule has 78 valence electrons. The van der Waals surface area contributed by atoms with E-state index >= 15 is 0 Å². The molecule has 0 radical (unpaired) electrons. The molecule has 0 aromatic heterocycles. The summed E-state index contributed by atoms with van der Waals surface area (Å²) in [5.74, 6) is 0. The molecule has 0 aliphatic heterocycles. The fraction of sp³-hybridized carbons (Fsp3) is 0.250. The van der Waals surface area contributed by atoms with Gasteiger partial charge in [-0.25, -0.2) is 0 Å². The lowest BCUT2D eigenvalue weighted by Crippen LogP contribution is -2.08. The van der Waals surface area contributed by atoms with Crippen LogP contribution in [-0.2, 0) is 12.7 Å². The number of halogens is 5. The molecule has 1 aromatic carbocycles. The van der Waals surface area contributed by atoms with E-state index in [1.807, 2.05) is 0 Å². The summed E-state index contributed by atoms with van der Waals surface area (Å²) in [6.45, 7) is -0.0565. The Bertz CT molecular complexity index is 349. The molecule has 0 unspecified atom stereocenters. The molecule has 1 aromatic rings. The van der Waals surface area contributed by atoms with Crippen LogP contribution in [0.2, 0.25) is 10.0 Å². The molecule has 0 saturated heterocycles. The highest BCUT2D eigenvalue weighted by Gasteiger charge is 2.33. The molecule has 0 spiro atoms. The maximum Gasteiger partial charge on any atom is 0.417 e. The average molecular weight is 244 g/mol. The highest BCUT2D eigenvalue weighted by molar-refractivity contribution is 6.35. The molecule has 2 N–H and O–H groups in total. The first-order chi connectivity index (χ1) is 6.36. The van der Waals surface area contributed by atoms with Gasteiger partial charge in [0.2, 0.25) is 0 Å². The predicted molar refractivity (Wildman–Crippen MR) is 49.4 cm³/mol. The minimum atomic E-state index is -4.48. The molecule has 0 heterocycles. The molecular weight excluding hydrogens is 238 g/mol. The van der Waals surface area contributed by atoms with Gasteiger partial charge in [-0.3, -0.25) is 0 Å². The third kappa shape index (κ3) is 2.32. The Kier molecular flexibility index (Phi) is 3.29. The summed E-state index contributed by atoms with van der Waals surface area (Å²) in [5, 5.41) is -0.273. The van der Waals surface area contributed by atoms with Crippen LogP contribution >= 0.6 is 23.2 Å². The van der Waals surface area contributed by atoms with E-state index in [0.29, 0.717) is 0 Å². The van der Waals surface area contributed by atoms with Crippen molar-refractivity contribution in [3.63, 3.8) is 0 Å². The van der Waals surface area contributed by atoms with E-state index < -0.39 is 16.8 Å². The standard InChI is InChI=1S/C8H6Cl2F3N/c9-6-2-7(10)5(8(11,12)13)1-4(6)3-14/h1-2H,3,14H2. The SMILES string of the molecule is NCc1cc(C(F)(F)F)c(Cl)cc1Cl. The van der Waals surface area contributed by atoms with Gasteiger partial charge in [0.05, 0.1) is 10.6 Å². The minimum Gasteiger partial charge on any atom is -0.326 e. The van der Waals surface area contributed by atoms with Crippen LogP contribution in [0.3, 0.4) is 0 Å². The Hall–Kier alpha value is -0.450. The van der Waals surface area contributed by atoms with Gasteiger partial charge in [-0.05, 0) is 17.7 Å². The van der Waals surface area contributed by atoms with E-state index in [-0.39, 0.29) is 17.1 Å². The number of hydrogen-bond donors (Lipinski definition) is 1. The van der Waals surface area contributed by atoms with Crippen molar-refractivity contribution in [3.05, 3.63) is 33.3 Å². The number of nitrogens with two attached hydrogens (primary N) is 1. The molecule has 0 aliphatic carbocycles. The maximum atomic E-state index is 12.3. The third-order valence-electron chi connectivity index (χ3n) is 1.66. The molecular formula is C8H6Cl2F3N. The number of hydrogen-bond acceptors (Lipinski definition) is 1. The van der Waals surface area contributed by atoms with Crippen molar-refractivity contribution >= 4 is 23.2 Å². The Morgan fingerprint density at radius 2 is 1.71 bits per heavy atom. The zero-order chi connectivity index (χ0) is 10.9. The van der Waals surface area contributed by atoms with Crippen LogP contribution in [0.15, 0.2) is 12.1 Å². The maximum absolute atomic E-state index is 12.3. The number of benzene rings is 1. The second-order valence-corrected chi connectivity index (χ2v) is 3.44. The van der Waals surface area contributed by atoms with Gasteiger partial charge in [0, 0.05) is 11.6 Å². The van der Waals surface area contributed by atoms with Crippen LogP contribution in [0.25, 0.3) is 0 Å². The number of alkyl halides is 3. The van der Waals surface area contributed by atoms with Gasteiger partial charge in [-0.2, -0.15) is 13.2 Å². The lowest BCUT2D eigenvalue weighted by atomic mass is 10.1. The largest absolute Gasteiger partial charge is 0.417 e. The van der Waals surface area contributed by atoms with Gasteiger partial charge in [0.25, 0.3) is 0 Å². The van der Waals surface area contributed by atoms with Gasteiger partial charge in [0.1, 0.15) is 0 Å². The molecule has 0 amide bonds. The summed E-state index contributed by atoms with van der Waals surface area (Å²) >= 11 is 11.0. The molecule has 0 saturated carbocycles. The third-order valence-corrected chi connectivity index (χ3v) is 2.33. The monoisotopic (exact) mass is 243 g/mol. The molecule has 6 heteroatoms. The summed E-state index contributed by atoms with van der Waals surface area (Å²) in [7, 11) is 0. The van der Waals surface area contributed by atoms with Crippen molar-refractivity contribution in [1.82, 2.24) is 0 Å². The van der Waals surface area contributed by atoms with Crippen molar-refractivity contribution in [3.8, 4) is 0 Å². The molecule has 0 bridgehead atoms. The van der Waals surface area contributed by atoms with Gasteiger partial charge in [0.15, 0.2) is 0 Å². The van der Waals surface area contributed by atoms with Crippen LogP contribution in [0.5, 0.6) is 0 Å². The zero-order valence-electron chi connectivity index (χ0n) is 6.83. The van der Waals surface area contributed by atoms with E-state index in [0.717, 1.165) is 12.1 Å². The summed E-state index contributed by atoms with van der Waals surface area (Å²) in [6.07, 6.45) is -4.48. The minimum absolute atomic E-state index is 0.0565. The summed E-state index contributed by atoms with van der Waals surface area (Å²) < 4.78 is 37.0. The predicted octanol–water partition coefficient (Wildman–Crippen LogP) is 3.47. The number of rotatable bonds is 1. The van der Waals surface area contributed by atoms with Crippen LogP contribution in [0.1, 0.15) is 11.1 Å². The van der Waals surface area contributed by atoms with E-state index in [4.69, 9.17) is 28.9 Å². The van der Waals surface area contributed by atoms with E-state index in [1.54, 1.807) is 0 Å². The second kappa shape index (κ2) is 3.96. The summed E-state index contributed by atoms with van der Waals surface area (Å²) in [5.41, 5.74) is 4.53. The Labute approximate surface area is 88.6 Å². The quantitative estimate of drug-likeness (QED) is 0.804. The smallest absolute Gasteiger partial charge is 0.326 e. The van der Waals surface area contributed by atoms with Crippen LogP contribution < -0.4 is 5.73 Å². The molecule has 0 fully saturated rings. The molecule has 0 atom stereocenters. The van der Waals surface area contributed by atoms with Crippen LogP contribution in [-0.4, -0.2) is 0 Å². The summed E-state index contributed by atoms with van der Waals surface area (Å²) in [4.78, 5) is 0. The first-order valence-electron chi connectivity index (χ1n) is 3.61. The van der Waals surface area contributed by atoms with Crippen molar-refractivity contribution in [1.29, 1.82) is 0 Å². The van der Waals surface area contributed by atoms with E-state index in [2.05, 4.69) is 0 Å². The van der Waals surface area contributed by atoms with Crippen molar-refractivity contribution in [2.24, 2.45) is 5.73 Å². The highest BCUT2D eigenvalue weighted by Crippen LogP contribution is 2.37. The van der Waals surface area contributed by atoms with Gasteiger partial charge >= 0.3 is 6.18 Å². The first-order valence-corrected chi connectivity index (χ1v) is 4.37. The molecule has 14 heavy (non-hydrogen) atoms. The topological polar surface area (TPSA) is 26.0 Å². The zero-order valence-corrected chi connectivity index (χ0v) is 8.34. The lowest BCUT2D eigenvalue weighted by Gasteiger charge is -2.11. The molecule has 1 rings (SSSR count). The average Bonchev–Trinajstić information content (AvgIpc) is 2.02. The Morgan fingerprint density at radius 3 is 2.14 bits per heavy atom. The Morgan fingerprint density at radius 1 is 1.14 bits per heavy atom. The van der Waals surface area contributed by atoms with Crippen molar-refractivity contribution in [2.45, 2.75) is 12.7 Å². The normalized spacial score (nSPS) is 11.9. The van der Waals surface area contributed by atoms with Crippen molar-refractivity contribution < 1.29 is 13.2 Å².